The van der Waals surface area contributed by atoms with E-state index < -0.39 is 0 Å². The average molecular weight is 504 g/mol. The first-order valence-electron chi connectivity index (χ1n) is 12.5. The second kappa shape index (κ2) is 25.6. The third-order valence-corrected chi connectivity index (χ3v) is 5.36. The molecule has 31 heavy (non-hydrogen) atoms. The number of alkyl halides is 1. The number of ether oxygens (including phenoxy) is 3. The van der Waals surface area contributed by atoms with E-state index in [1.165, 1.54) is 12.8 Å². The predicted molar refractivity (Wildman–Crippen MR) is 135 cm³/mol. The van der Waals surface area contributed by atoms with Crippen LogP contribution in [0, 0.1) is 0 Å². The van der Waals surface area contributed by atoms with Gasteiger partial charge in [-0.3, -0.25) is 4.79 Å². The third kappa shape index (κ3) is 23.8. The Morgan fingerprint density at radius 2 is 1.35 bits per heavy atom. The largest absolute Gasteiger partial charge is 0.466 e. The van der Waals surface area contributed by atoms with Crippen LogP contribution in [0.25, 0.3) is 0 Å². The highest BCUT2D eigenvalue weighted by Crippen LogP contribution is 2.12. The smallest absolute Gasteiger partial charge is 0.305 e. The van der Waals surface area contributed by atoms with Crippen LogP contribution in [0.1, 0.15) is 104 Å². The van der Waals surface area contributed by atoms with E-state index in [1.54, 1.807) is 0 Å². The number of rotatable bonds is 23. The van der Waals surface area contributed by atoms with Crippen molar-refractivity contribution in [1.29, 1.82) is 0 Å². The molecule has 0 aromatic rings. The highest BCUT2D eigenvalue weighted by Gasteiger charge is 2.10. The second-order valence-electron chi connectivity index (χ2n) is 7.78. The summed E-state index contributed by atoms with van der Waals surface area (Å²) in [6.45, 7) is 6.27. The van der Waals surface area contributed by atoms with Crippen molar-refractivity contribution in [3.63, 3.8) is 0 Å². The van der Waals surface area contributed by atoms with Crippen molar-refractivity contribution in [2.75, 3.05) is 25.2 Å². The maximum Gasteiger partial charge on any atom is 0.305 e. The number of hydrogen-bond acceptors (Lipinski definition) is 4. The van der Waals surface area contributed by atoms with E-state index in [9.17, 15) is 4.79 Å². The highest BCUT2D eigenvalue weighted by molar-refractivity contribution is 9.09. The third-order valence-electron chi connectivity index (χ3n) is 4.80. The van der Waals surface area contributed by atoms with Gasteiger partial charge < -0.3 is 14.2 Å². The number of halogens is 1. The van der Waals surface area contributed by atoms with Crippen molar-refractivity contribution >= 4 is 21.9 Å². The van der Waals surface area contributed by atoms with Crippen LogP contribution in [0.4, 0.5) is 0 Å². The van der Waals surface area contributed by atoms with E-state index in [2.05, 4.69) is 54.1 Å². The van der Waals surface area contributed by atoms with Gasteiger partial charge in [-0.2, -0.15) is 0 Å². The van der Waals surface area contributed by atoms with Crippen molar-refractivity contribution < 1.29 is 19.0 Å². The number of unbranched alkanes of at least 4 members (excludes halogenated alkanes) is 6. The van der Waals surface area contributed by atoms with Crippen LogP contribution < -0.4 is 0 Å². The molecule has 4 nitrogen and oxygen atoms in total. The van der Waals surface area contributed by atoms with Crippen LogP contribution in [0.15, 0.2) is 24.3 Å². The van der Waals surface area contributed by atoms with Crippen molar-refractivity contribution in [2.24, 2.45) is 0 Å². The molecule has 0 saturated heterocycles. The van der Waals surface area contributed by atoms with E-state index in [0.29, 0.717) is 26.2 Å². The minimum Gasteiger partial charge on any atom is -0.466 e. The molecule has 0 bridgehead atoms. The molecule has 182 valence electrons. The summed E-state index contributed by atoms with van der Waals surface area (Å²) >= 11 is 3.43. The van der Waals surface area contributed by atoms with Crippen molar-refractivity contribution in [2.45, 2.75) is 110 Å². The van der Waals surface area contributed by atoms with E-state index >= 15 is 0 Å². The van der Waals surface area contributed by atoms with Gasteiger partial charge in [0.05, 0.1) is 19.8 Å². The molecule has 5 heteroatoms. The molecule has 0 N–H and O–H groups in total. The Labute approximate surface area is 200 Å². The number of esters is 1. The number of allylic oxidation sites excluding steroid dienone is 4. The van der Waals surface area contributed by atoms with Gasteiger partial charge in [0, 0.05) is 11.8 Å². The molecular weight excluding hydrogens is 456 g/mol. The lowest BCUT2D eigenvalue weighted by atomic mass is 10.2. The topological polar surface area (TPSA) is 44.8 Å². The van der Waals surface area contributed by atoms with E-state index in [1.807, 2.05) is 0 Å². The molecule has 0 radical (unpaired) electrons. The van der Waals surface area contributed by atoms with Gasteiger partial charge in [-0.15, -0.1) is 0 Å². The van der Waals surface area contributed by atoms with Gasteiger partial charge in [0.2, 0.25) is 0 Å². The molecule has 0 spiro atoms. The predicted octanol–water partition coefficient (Wildman–Crippen LogP) is 7.90. The molecule has 0 fully saturated rings. The SMILES string of the molecule is CC/C=C\CCCOC(CCCCC(=O)OCCCCCCBr)OCCC/C=C\CC. The Balaban J connectivity index is 3.96. The standard InChI is InChI=1S/C26H47BrO4/c1-3-5-7-10-17-23-30-26(31-24-18-11-8-6-4-2)20-14-13-19-25(28)29-22-16-12-9-15-21-27/h5-8,26H,3-4,9-24H2,1-2H3/b7-5-,8-6-. The van der Waals surface area contributed by atoms with E-state index in [4.69, 9.17) is 14.2 Å². The van der Waals surface area contributed by atoms with Gasteiger partial charge in [0.15, 0.2) is 6.29 Å². The molecule has 0 aliphatic rings. The Morgan fingerprint density at radius 3 is 1.94 bits per heavy atom. The summed E-state index contributed by atoms with van der Waals surface area (Å²) in [5.74, 6) is -0.0794. The normalized spacial score (nSPS) is 11.9. The van der Waals surface area contributed by atoms with Crippen molar-refractivity contribution in [1.82, 2.24) is 0 Å². The summed E-state index contributed by atoms with van der Waals surface area (Å²) in [6.07, 6.45) is 22.4. The first-order valence-corrected chi connectivity index (χ1v) is 13.6. The number of carbonyl (C=O) groups excluding carboxylic acids is 1. The second-order valence-corrected chi connectivity index (χ2v) is 8.58. The van der Waals surface area contributed by atoms with Gasteiger partial charge in [0.25, 0.3) is 0 Å². The molecular formula is C26H47BrO4. The summed E-state index contributed by atoms with van der Waals surface area (Å²) in [5, 5.41) is 1.05. The molecule has 0 aromatic heterocycles. The van der Waals surface area contributed by atoms with Gasteiger partial charge in [-0.05, 0) is 70.6 Å². The lowest BCUT2D eigenvalue weighted by Gasteiger charge is -2.18. The van der Waals surface area contributed by atoms with Crippen LogP contribution in [0.3, 0.4) is 0 Å². The Kier molecular flexibility index (Phi) is 25.1. The van der Waals surface area contributed by atoms with Crippen molar-refractivity contribution in [3.05, 3.63) is 24.3 Å². The Morgan fingerprint density at radius 1 is 0.742 bits per heavy atom. The van der Waals surface area contributed by atoms with Gasteiger partial charge in [-0.1, -0.05) is 66.9 Å². The van der Waals surface area contributed by atoms with Crippen LogP contribution >= 0.6 is 15.9 Å². The lowest BCUT2D eigenvalue weighted by Crippen LogP contribution is -2.19. The minimum absolute atomic E-state index is 0.0794. The van der Waals surface area contributed by atoms with Gasteiger partial charge in [0.1, 0.15) is 0 Å². The number of carbonyl (C=O) groups is 1. The molecule has 0 saturated carbocycles. The maximum atomic E-state index is 11.9. The average Bonchev–Trinajstić information content (AvgIpc) is 2.77. The maximum absolute atomic E-state index is 11.9. The molecule has 0 aliphatic carbocycles. The lowest BCUT2D eigenvalue weighted by molar-refractivity contribution is -0.149. The van der Waals surface area contributed by atoms with Gasteiger partial charge in [-0.25, -0.2) is 0 Å². The van der Waals surface area contributed by atoms with Gasteiger partial charge >= 0.3 is 5.97 Å². The summed E-state index contributed by atoms with van der Waals surface area (Å²) in [6, 6.07) is 0. The van der Waals surface area contributed by atoms with E-state index in [-0.39, 0.29) is 12.3 Å². The van der Waals surface area contributed by atoms with Crippen LogP contribution in [0.2, 0.25) is 0 Å². The van der Waals surface area contributed by atoms with Crippen LogP contribution in [-0.4, -0.2) is 37.4 Å². The summed E-state index contributed by atoms with van der Waals surface area (Å²) in [4.78, 5) is 11.9. The zero-order valence-electron chi connectivity index (χ0n) is 20.1. The fourth-order valence-electron chi connectivity index (χ4n) is 3.00. The fraction of sp³-hybridized carbons (Fsp3) is 0.808. The first-order chi connectivity index (χ1) is 15.2. The molecule has 0 amide bonds. The summed E-state index contributed by atoms with van der Waals surface area (Å²) in [7, 11) is 0. The molecule has 0 atom stereocenters. The van der Waals surface area contributed by atoms with Crippen LogP contribution in [0.5, 0.6) is 0 Å². The summed E-state index contributed by atoms with van der Waals surface area (Å²) in [5.41, 5.74) is 0. The Hall–Kier alpha value is -0.650. The quantitative estimate of drug-likeness (QED) is 0.0467. The monoisotopic (exact) mass is 502 g/mol. The molecule has 0 heterocycles. The highest BCUT2D eigenvalue weighted by atomic mass is 79.9. The molecule has 0 unspecified atom stereocenters. The van der Waals surface area contributed by atoms with E-state index in [0.717, 1.165) is 76.0 Å². The molecule has 0 aliphatic heterocycles. The zero-order valence-corrected chi connectivity index (χ0v) is 21.7. The minimum atomic E-state index is -0.171. The molecule has 0 aromatic carbocycles. The first kappa shape index (κ1) is 30.4. The number of hydrogen-bond donors (Lipinski definition) is 0. The van der Waals surface area contributed by atoms with Crippen molar-refractivity contribution in [3.8, 4) is 0 Å². The molecule has 0 rings (SSSR count). The zero-order chi connectivity index (χ0) is 22.8. The van der Waals surface area contributed by atoms with Crippen LogP contribution in [-0.2, 0) is 19.0 Å². The fourth-order valence-corrected chi connectivity index (χ4v) is 3.40. The Bertz CT molecular complexity index is 415. The summed E-state index contributed by atoms with van der Waals surface area (Å²) < 4.78 is 17.3.